The zero-order chi connectivity index (χ0) is 24.2. The highest BCUT2D eigenvalue weighted by Crippen LogP contribution is 2.28. The topological polar surface area (TPSA) is 67.1 Å². The van der Waals surface area contributed by atoms with Gasteiger partial charge in [0.05, 0.1) is 11.4 Å². The molecule has 1 aliphatic heterocycles. The number of aryl methyl sites for hydroxylation is 3. The van der Waals surface area contributed by atoms with Crippen molar-refractivity contribution in [2.24, 2.45) is 5.92 Å². The molecule has 0 saturated carbocycles. The van der Waals surface area contributed by atoms with E-state index in [1.54, 1.807) is 0 Å². The van der Waals surface area contributed by atoms with Crippen LogP contribution in [0.25, 0.3) is 16.7 Å². The molecule has 0 amide bonds. The first-order valence-electron chi connectivity index (χ1n) is 12.8. The summed E-state index contributed by atoms with van der Waals surface area (Å²) in [5, 5.41) is 15.5. The van der Waals surface area contributed by atoms with E-state index < -0.39 is 0 Å². The number of nitrogens with zero attached hydrogens (tertiary/aromatic N) is 5. The average Bonchev–Trinajstić information content (AvgIpc) is 3.47. The summed E-state index contributed by atoms with van der Waals surface area (Å²) in [4.78, 5) is 11.7. The van der Waals surface area contributed by atoms with Crippen LogP contribution >= 0.6 is 0 Å². The van der Waals surface area contributed by atoms with Gasteiger partial charge in [0.1, 0.15) is 0 Å². The van der Waals surface area contributed by atoms with E-state index in [0.717, 1.165) is 72.7 Å². The highest BCUT2D eigenvalue weighted by atomic mass is 16.3. The Labute approximate surface area is 207 Å². The molecule has 6 heteroatoms. The zero-order valence-electron chi connectivity index (χ0n) is 20.8. The Morgan fingerprint density at radius 1 is 1.09 bits per heavy atom. The number of aromatic nitrogens is 4. The normalized spacial score (nSPS) is 17.3. The SMILES string of the molecule is Cc1cc(C)n(-c2cccc(C(CCO)CN3CC[C@@H](CCc4ccc5cccnc5n4)C3)c2)n1. The monoisotopic (exact) mass is 469 g/mol. The van der Waals surface area contributed by atoms with E-state index in [2.05, 4.69) is 70.4 Å². The van der Waals surface area contributed by atoms with Gasteiger partial charge in [-0.25, -0.2) is 14.6 Å². The summed E-state index contributed by atoms with van der Waals surface area (Å²) in [5.41, 5.74) is 6.50. The van der Waals surface area contributed by atoms with Crippen molar-refractivity contribution < 1.29 is 5.11 Å². The summed E-state index contributed by atoms with van der Waals surface area (Å²) in [6.07, 6.45) is 5.96. The minimum Gasteiger partial charge on any atom is -0.396 e. The van der Waals surface area contributed by atoms with Crippen LogP contribution in [0.2, 0.25) is 0 Å². The van der Waals surface area contributed by atoms with Gasteiger partial charge in [-0.1, -0.05) is 12.1 Å². The lowest BCUT2D eigenvalue weighted by Crippen LogP contribution is -2.27. The van der Waals surface area contributed by atoms with Crippen molar-refractivity contribution in [2.75, 3.05) is 26.2 Å². The number of rotatable bonds is 9. The minimum absolute atomic E-state index is 0.202. The molecular weight excluding hydrogens is 434 g/mol. The number of hydrogen-bond donors (Lipinski definition) is 1. The van der Waals surface area contributed by atoms with Gasteiger partial charge in [0.2, 0.25) is 0 Å². The van der Waals surface area contributed by atoms with Crippen LogP contribution in [0, 0.1) is 19.8 Å². The Bertz CT molecular complexity index is 1280. The van der Waals surface area contributed by atoms with Crippen molar-refractivity contribution in [3.05, 3.63) is 83.4 Å². The van der Waals surface area contributed by atoms with Gasteiger partial charge < -0.3 is 10.0 Å². The van der Waals surface area contributed by atoms with E-state index >= 15 is 0 Å². The number of fused-ring (bicyclic) bond motifs is 1. The Kier molecular flexibility index (Phi) is 7.21. The lowest BCUT2D eigenvalue weighted by Gasteiger charge is -2.24. The molecule has 1 unspecified atom stereocenters. The molecule has 35 heavy (non-hydrogen) atoms. The van der Waals surface area contributed by atoms with Gasteiger partial charge in [0.15, 0.2) is 5.65 Å². The lowest BCUT2D eigenvalue weighted by molar-refractivity contribution is 0.242. The predicted molar refractivity (Wildman–Crippen MR) is 140 cm³/mol. The van der Waals surface area contributed by atoms with Crippen molar-refractivity contribution in [1.29, 1.82) is 0 Å². The van der Waals surface area contributed by atoms with E-state index in [1.807, 2.05) is 23.9 Å². The third kappa shape index (κ3) is 5.60. The first-order chi connectivity index (χ1) is 17.1. The van der Waals surface area contributed by atoms with E-state index in [4.69, 9.17) is 4.98 Å². The molecule has 1 N–H and O–H groups in total. The molecule has 1 fully saturated rings. The smallest absolute Gasteiger partial charge is 0.159 e. The number of benzene rings is 1. The van der Waals surface area contributed by atoms with Gasteiger partial charge in [-0.2, -0.15) is 5.10 Å². The molecule has 0 spiro atoms. The number of aliphatic hydroxyl groups is 1. The first-order valence-corrected chi connectivity index (χ1v) is 12.8. The number of likely N-dealkylation sites (tertiary alicyclic amines) is 1. The van der Waals surface area contributed by atoms with Crippen molar-refractivity contribution >= 4 is 11.0 Å². The molecule has 1 aromatic carbocycles. The van der Waals surface area contributed by atoms with Crippen LogP contribution in [0.15, 0.2) is 60.8 Å². The predicted octanol–water partition coefficient (Wildman–Crippen LogP) is 4.85. The minimum atomic E-state index is 0.202. The van der Waals surface area contributed by atoms with Crippen molar-refractivity contribution in [3.63, 3.8) is 0 Å². The van der Waals surface area contributed by atoms with Gasteiger partial charge in [-0.05, 0) is 106 Å². The average molecular weight is 470 g/mol. The Hall–Kier alpha value is -3.09. The lowest BCUT2D eigenvalue weighted by atomic mass is 9.95. The van der Waals surface area contributed by atoms with Crippen LogP contribution in [-0.4, -0.2) is 56.0 Å². The van der Waals surface area contributed by atoms with Crippen LogP contribution in [0.4, 0.5) is 0 Å². The highest BCUT2D eigenvalue weighted by Gasteiger charge is 2.25. The quantitative estimate of drug-likeness (QED) is 0.379. The second-order valence-corrected chi connectivity index (χ2v) is 9.95. The summed E-state index contributed by atoms with van der Waals surface area (Å²) in [6.45, 7) is 7.54. The van der Waals surface area contributed by atoms with E-state index in [9.17, 15) is 5.11 Å². The Balaban J connectivity index is 1.21. The van der Waals surface area contributed by atoms with Gasteiger partial charge in [-0.15, -0.1) is 0 Å². The third-order valence-corrected chi connectivity index (χ3v) is 7.25. The molecule has 0 radical (unpaired) electrons. The van der Waals surface area contributed by atoms with Crippen LogP contribution in [0.5, 0.6) is 0 Å². The maximum Gasteiger partial charge on any atom is 0.159 e. The van der Waals surface area contributed by atoms with E-state index in [1.165, 1.54) is 12.0 Å². The standard InChI is InChI=1S/C29H35N5O/c1-21-17-22(2)34(32-21)28-7-3-5-25(18-28)26(13-16-35)20-33-15-12-23(19-33)8-10-27-11-9-24-6-4-14-30-29(24)31-27/h3-7,9,11,14,17-18,23,26,35H,8,10,12-13,15-16,19-20H2,1-2H3/t23-,26?/m1/s1. The first kappa shape index (κ1) is 23.6. The molecule has 182 valence electrons. The summed E-state index contributed by atoms with van der Waals surface area (Å²) in [7, 11) is 0. The molecule has 5 rings (SSSR count). The molecule has 4 aromatic rings. The fraction of sp³-hybridized carbons (Fsp3) is 0.414. The van der Waals surface area contributed by atoms with E-state index in [0.29, 0.717) is 11.8 Å². The van der Waals surface area contributed by atoms with Crippen LogP contribution in [-0.2, 0) is 6.42 Å². The zero-order valence-corrected chi connectivity index (χ0v) is 20.8. The van der Waals surface area contributed by atoms with E-state index in [-0.39, 0.29) is 6.61 Å². The second-order valence-electron chi connectivity index (χ2n) is 9.95. The number of aliphatic hydroxyl groups excluding tert-OH is 1. The van der Waals surface area contributed by atoms with Crippen LogP contribution < -0.4 is 0 Å². The number of hydrogen-bond acceptors (Lipinski definition) is 5. The Morgan fingerprint density at radius 3 is 2.83 bits per heavy atom. The fourth-order valence-corrected chi connectivity index (χ4v) is 5.43. The summed E-state index contributed by atoms with van der Waals surface area (Å²) in [5.74, 6) is 0.996. The molecule has 4 heterocycles. The maximum atomic E-state index is 9.80. The third-order valence-electron chi connectivity index (χ3n) is 7.25. The largest absolute Gasteiger partial charge is 0.396 e. The summed E-state index contributed by atoms with van der Waals surface area (Å²) < 4.78 is 2.01. The maximum absolute atomic E-state index is 9.80. The van der Waals surface area contributed by atoms with Crippen LogP contribution in [0.3, 0.4) is 0 Å². The van der Waals surface area contributed by atoms with Gasteiger partial charge in [-0.3, -0.25) is 0 Å². The molecule has 6 nitrogen and oxygen atoms in total. The van der Waals surface area contributed by atoms with Gasteiger partial charge in [0, 0.05) is 42.7 Å². The van der Waals surface area contributed by atoms with Gasteiger partial charge >= 0.3 is 0 Å². The summed E-state index contributed by atoms with van der Waals surface area (Å²) in [6, 6.07) is 19.1. The van der Waals surface area contributed by atoms with Crippen LogP contribution in [0.1, 0.15) is 47.8 Å². The molecule has 1 saturated heterocycles. The molecule has 0 bridgehead atoms. The molecule has 1 aliphatic rings. The highest BCUT2D eigenvalue weighted by molar-refractivity contribution is 5.74. The number of pyridine rings is 2. The van der Waals surface area contributed by atoms with Gasteiger partial charge in [0.25, 0.3) is 0 Å². The molecule has 2 atom stereocenters. The molecule has 0 aliphatic carbocycles. The van der Waals surface area contributed by atoms with Crippen molar-refractivity contribution in [1.82, 2.24) is 24.6 Å². The second kappa shape index (κ2) is 10.7. The molecular formula is C29H35N5O. The summed E-state index contributed by atoms with van der Waals surface area (Å²) >= 11 is 0. The fourth-order valence-electron chi connectivity index (χ4n) is 5.43. The molecule has 3 aromatic heterocycles. The van der Waals surface area contributed by atoms with Crippen molar-refractivity contribution in [3.8, 4) is 5.69 Å². The Morgan fingerprint density at radius 2 is 2.00 bits per heavy atom. The van der Waals surface area contributed by atoms with Crippen molar-refractivity contribution in [2.45, 2.75) is 45.4 Å².